The van der Waals surface area contributed by atoms with Crippen molar-refractivity contribution in [1.29, 1.82) is 0 Å². The van der Waals surface area contributed by atoms with Gasteiger partial charge in [-0.15, -0.1) is 0 Å². The highest BCUT2D eigenvalue weighted by Gasteiger charge is 2.35. The third-order valence-corrected chi connectivity index (χ3v) is 4.69. The molecule has 0 unspecified atom stereocenters. The van der Waals surface area contributed by atoms with Crippen LogP contribution in [0.1, 0.15) is 42.2 Å². The van der Waals surface area contributed by atoms with E-state index in [0.717, 1.165) is 11.1 Å². The average Bonchev–Trinajstić information content (AvgIpc) is 2.93. The zero-order valence-corrected chi connectivity index (χ0v) is 15.3. The first kappa shape index (κ1) is 17.7. The van der Waals surface area contributed by atoms with E-state index in [-0.39, 0.29) is 29.8 Å². The van der Waals surface area contributed by atoms with Crippen molar-refractivity contribution in [2.45, 2.75) is 13.5 Å². The Labute approximate surface area is 162 Å². The van der Waals surface area contributed by atoms with Crippen molar-refractivity contribution < 1.29 is 14.4 Å². The number of benzene rings is 3. The molecule has 0 saturated carbocycles. The van der Waals surface area contributed by atoms with Crippen molar-refractivity contribution in [2.75, 3.05) is 5.32 Å². The van der Waals surface area contributed by atoms with Gasteiger partial charge in [-0.05, 0) is 48.4 Å². The summed E-state index contributed by atoms with van der Waals surface area (Å²) in [6.07, 6.45) is 0. The molecule has 1 N–H and O–H groups in total. The third-order valence-electron chi connectivity index (χ3n) is 4.69. The standard InChI is InChI=1S/C23H18N2O3/c1-15-6-5-9-18(12-15)24-21(26)17-10-11-19-20(13-17)23(28)25(22(19)27)14-16-7-3-2-4-8-16/h2-13H,14H2,1H3,(H,24,26). The largest absolute Gasteiger partial charge is 0.322 e. The number of anilines is 1. The molecular formula is C23H18N2O3. The molecule has 1 aliphatic heterocycles. The van der Waals surface area contributed by atoms with Gasteiger partial charge >= 0.3 is 0 Å². The van der Waals surface area contributed by atoms with Crippen molar-refractivity contribution >= 4 is 23.4 Å². The summed E-state index contributed by atoms with van der Waals surface area (Å²) < 4.78 is 0. The van der Waals surface area contributed by atoms with Crippen molar-refractivity contribution in [3.63, 3.8) is 0 Å². The van der Waals surface area contributed by atoms with E-state index in [9.17, 15) is 14.4 Å². The minimum Gasteiger partial charge on any atom is -0.322 e. The van der Waals surface area contributed by atoms with Gasteiger partial charge in [0.2, 0.25) is 0 Å². The van der Waals surface area contributed by atoms with Crippen LogP contribution in [0.3, 0.4) is 0 Å². The highest BCUT2D eigenvalue weighted by Crippen LogP contribution is 2.26. The number of hydrogen-bond acceptors (Lipinski definition) is 3. The highest BCUT2D eigenvalue weighted by atomic mass is 16.2. The van der Waals surface area contributed by atoms with Gasteiger partial charge < -0.3 is 5.32 Å². The molecule has 0 atom stereocenters. The Morgan fingerprint density at radius 3 is 2.36 bits per heavy atom. The Balaban J connectivity index is 1.57. The maximum Gasteiger partial charge on any atom is 0.261 e. The molecule has 1 heterocycles. The molecule has 138 valence electrons. The summed E-state index contributed by atoms with van der Waals surface area (Å²) in [7, 11) is 0. The molecule has 0 bridgehead atoms. The topological polar surface area (TPSA) is 66.5 Å². The normalized spacial score (nSPS) is 12.8. The van der Waals surface area contributed by atoms with E-state index in [2.05, 4.69) is 5.32 Å². The van der Waals surface area contributed by atoms with E-state index < -0.39 is 0 Å². The van der Waals surface area contributed by atoms with Gasteiger partial charge in [0.15, 0.2) is 0 Å². The summed E-state index contributed by atoms with van der Waals surface area (Å²) >= 11 is 0. The zero-order chi connectivity index (χ0) is 19.7. The second kappa shape index (κ2) is 7.12. The molecule has 4 rings (SSSR count). The van der Waals surface area contributed by atoms with Crippen LogP contribution in [0.5, 0.6) is 0 Å². The molecule has 1 aliphatic rings. The summed E-state index contributed by atoms with van der Waals surface area (Å²) in [5.41, 5.74) is 3.51. The first-order valence-electron chi connectivity index (χ1n) is 8.95. The highest BCUT2D eigenvalue weighted by molar-refractivity contribution is 6.22. The lowest BCUT2D eigenvalue weighted by Gasteiger charge is -2.13. The van der Waals surface area contributed by atoms with Gasteiger partial charge in [-0.3, -0.25) is 19.3 Å². The SMILES string of the molecule is Cc1cccc(NC(=O)c2ccc3c(c2)C(=O)N(Cc2ccccc2)C3=O)c1. The Morgan fingerprint density at radius 1 is 0.857 bits per heavy atom. The molecule has 28 heavy (non-hydrogen) atoms. The molecule has 0 aliphatic carbocycles. The number of rotatable bonds is 4. The number of nitrogens with zero attached hydrogens (tertiary/aromatic N) is 1. The Hall–Kier alpha value is -3.73. The molecule has 3 aromatic carbocycles. The fourth-order valence-electron chi connectivity index (χ4n) is 3.27. The average molecular weight is 370 g/mol. The number of carbonyl (C=O) groups excluding carboxylic acids is 3. The van der Waals surface area contributed by atoms with Crippen LogP contribution in [0.2, 0.25) is 0 Å². The van der Waals surface area contributed by atoms with Gasteiger partial charge in [0.05, 0.1) is 17.7 Å². The smallest absolute Gasteiger partial charge is 0.261 e. The monoisotopic (exact) mass is 370 g/mol. The summed E-state index contributed by atoms with van der Waals surface area (Å²) in [6, 6.07) is 21.4. The van der Waals surface area contributed by atoms with E-state index in [1.165, 1.54) is 11.0 Å². The van der Waals surface area contributed by atoms with Crippen LogP contribution in [-0.2, 0) is 6.54 Å². The number of aryl methyl sites for hydroxylation is 1. The first-order valence-corrected chi connectivity index (χ1v) is 8.95. The molecule has 5 heteroatoms. The van der Waals surface area contributed by atoms with Gasteiger partial charge in [-0.25, -0.2) is 0 Å². The number of imide groups is 1. The molecule has 0 saturated heterocycles. The second-order valence-corrected chi connectivity index (χ2v) is 6.77. The summed E-state index contributed by atoms with van der Waals surface area (Å²) in [6.45, 7) is 2.15. The fraction of sp³-hybridized carbons (Fsp3) is 0.0870. The van der Waals surface area contributed by atoms with Gasteiger partial charge in [-0.1, -0.05) is 42.5 Å². The van der Waals surface area contributed by atoms with Crippen LogP contribution in [-0.4, -0.2) is 22.6 Å². The van der Waals surface area contributed by atoms with Crippen LogP contribution in [0.4, 0.5) is 5.69 Å². The number of amides is 3. The lowest BCUT2D eigenvalue weighted by molar-refractivity contribution is 0.0642. The number of fused-ring (bicyclic) bond motifs is 1. The van der Waals surface area contributed by atoms with Crippen molar-refractivity contribution in [1.82, 2.24) is 4.90 Å². The third kappa shape index (κ3) is 3.30. The summed E-state index contributed by atoms with van der Waals surface area (Å²) in [5.74, 6) is -1.04. The maximum atomic E-state index is 12.8. The van der Waals surface area contributed by atoms with E-state index in [0.29, 0.717) is 16.8 Å². The quantitative estimate of drug-likeness (QED) is 0.705. The van der Waals surface area contributed by atoms with Crippen LogP contribution in [0.25, 0.3) is 0 Å². The lowest BCUT2D eigenvalue weighted by Crippen LogP contribution is -2.29. The van der Waals surface area contributed by atoms with Crippen LogP contribution in [0.15, 0.2) is 72.8 Å². The Morgan fingerprint density at radius 2 is 1.61 bits per heavy atom. The van der Waals surface area contributed by atoms with Crippen molar-refractivity contribution in [3.8, 4) is 0 Å². The zero-order valence-electron chi connectivity index (χ0n) is 15.3. The molecule has 3 amide bonds. The molecule has 5 nitrogen and oxygen atoms in total. The predicted molar refractivity (Wildman–Crippen MR) is 106 cm³/mol. The minimum atomic E-state index is -0.381. The van der Waals surface area contributed by atoms with E-state index in [1.54, 1.807) is 18.2 Å². The minimum absolute atomic E-state index is 0.206. The van der Waals surface area contributed by atoms with E-state index in [1.807, 2.05) is 55.5 Å². The molecule has 0 fully saturated rings. The Kier molecular flexibility index (Phi) is 4.49. The Bertz CT molecular complexity index is 1090. The van der Waals surface area contributed by atoms with Gasteiger partial charge in [-0.2, -0.15) is 0 Å². The predicted octanol–water partition coefficient (Wildman–Crippen LogP) is 4.04. The van der Waals surface area contributed by atoms with E-state index in [4.69, 9.17) is 0 Å². The van der Waals surface area contributed by atoms with Crippen molar-refractivity contribution in [2.24, 2.45) is 0 Å². The second-order valence-electron chi connectivity index (χ2n) is 6.77. The first-order chi connectivity index (χ1) is 13.5. The van der Waals surface area contributed by atoms with Gasteiger partial charge in [0.1, 0.15) is 0 Å². The molecule has 0 spiro atoms. The molecule has 0 radical (unpaired) electrons. The van der Waals surface area contributed by atoms with Gasteiger partial charge in [0, 0.05) is 11.3 Å². The maximum absolute atomic E-state index is 12.8. The lowest BCUT2D eigenvalue weighted by atomic mass is 10.1. The van der Waals surface area contributed by atoms with Crippen molar-refractivity contribution in [3.05, 3.63) is 101 Å². The van der Waals surface area contributed by atoms with E-state index >= 15 is 0 Å². The molecule has 3 aromatic rings. The van der Waals surface area contributed by atoms with Crippen LogP contribution < -0.4 is 5.32 Å². The van der Waals surface area contributed by atoms with Crippen LogP contribution in [0, 0.1) is 6.92 Å². The van der Waals surface area contributed by atoms with Crippen LogP contribution >= 0.6 is 0 Å². The summed E-state index contributed by atoms with van der Waals surface area (Å²) in [5, 5.41) is 2.82. The molecule has 0 aromatic heterocycles. The number of hydrogen-bond donors (Lipinski definition) is 1. The number of carbonyl (C=O) groups is 3. The number of nitrogens with one attached hydrogen (secondary N) is 1. The van der Waals surface area contributed by atoms with Gasteiger partial charge in [0.25, 0.3) is 17.7 Å². The molecular weight excluding hydrogens is 352 g/mol. The fourth-order valence-corrected chi connectivity index (χ4v) is 3.27. The summed E-state index contributed by atoms with van der Waals surface area (Å²) in [4.78, 5) is 39.2.